The Morgan fingerprint density at radius 3 is 1.75 bits per heavy atom. The molecule has 1 aliphatic rings. The Balaban J connectivity index is 2.29. The van der Waals surface area contributed by atoms with E-state index in [9.17, 15) is 15.8 Å². The zero-order chi connectivity index (χ0) is 17.2. The van der Waals surface area contributed by atoms with E-state index in [1.54, 1.807) is 0 Å². The van der Waals surface area contributed by atoms with Gasteiger partial charge in [0.25, 0.3) is 0 Å². The normalized spacial score (nSPS) is 24.5. The topological polar surface area (TPSA) is 95.2 Å². The molecule has 0 spiro atoms. The third kappa shape index (κ3) is 2.08. The van der Waals surface area contributed by atoms with Crippen molar-refractivity contribution in [2.45, 2.75) is 11.8 Å². The predicted octanol–water partition coefficient (Wildman–Crippen LogP) is 3.76. The lowest BCUT2D eigenvalue weighted by atomic mass is 9.71. The van der Waals surface area contributed by atoms with Crippen molar-refractivity contribution in [3.05, 3.63) is 71.8 Å². The molecular weight excluding hydrogens is 296 g/mol. The third-order valence-corrected chi connectivity index (χ3v) is 4.76. The zero-order valence-electron chi connectivity index (χ0n) is 12.8. The van der Waals surface area contributed by atoms with Crippen LogP contribution in [-0.4, -0.2) is 5.71 Å². The first-order chi connectivity index (χ1) is 11.7. The van der Waals surface area contributed by atoms with Crippen molar-refractivity contribution in [2.24, 2.45) is 11.3 Å². The molecule has 1 N–H and O–H groups in total. The van der Waals surface area contributed by atoms with Gasteiger partial charge in [0.15, 0.2) is 5.41 Å². The van der Waals surface area contributed by atoms with Crippen LogP contribution >= 0.6 is 0 Å². The Hall–Kier alpha value is -3.42. The van der Waals surface area contributed by atoms with Crippen LogP contribution in [0.5, 0.6) is 0 Å². The van der Waals surface area contributed by atoms with E-state index in [0.29, 0.717) is 0 Å². The molecule has 3 rings (SSSR count). The van der Waals surface area contributed by atoms with Gasteiger partial charge in [0.2, 0.25) is 0 Å². The van der Waals surface area contributed by atoms with Crippen molar-refractivity contribution >= 4 is 5.71 Å². The first-order valence-corrected chi connectivity index (χ1v) is 7.60. The predicted molar refractivity (Wildman–Crippen MR) is 88.9 cm³/mol. The highest BCUT2D eigenvalue weighted by Gasteiger charge is 2.60. The standard InChI is InChI=1S/C20H14N4/c21-11-16-17(14-7-3-1-4-8-14)18(15-9-5-2-6-10-15)20(12-22,13-23)19(16)24/h1-10,16-18,24H. The van der Waals surface area contributed by atoms with Crippen molar-refractivity contribution in [1.82, 2.24) is 0 Å². The summed E-state index contributed by atoms with van der Waals surface area (Å²) in [6, 6.07) is 24.9. The molecule has 0 heterocycles. The highest BCUT2D eigenvalue weighted by molar-refractivity contribution is 6.01. The third-order valence-electron chi connectivity index (χ3n) is 4.76. The highest BCUT2D eigenvalue weighted by Crippen LogP contribution is 2.57. The maximum atomic E-state index is 9.77. The lowest BCUT2D eigenvalue weighted by Crippen LogP contribution is -2.29. The molecule has 0 amide bonds. The first kappa shape index (κ1) is 15.5. The van der Waals surface area contributed by atoms with Gasteiger partial charge >= 0.3 is 0 Å². The molecule has 1 saturated carbocycles. The monoisotopic (exact) mass is 310 g/mol. The van der Waals surface area contributed by atoms with Gasteiger partial charge in [-0.3, -0.25) is 0 Å². The fraction of sp³-hybridized carbons (Fsp3) is 0.200. The Morgan fingerprint density at radius 1 is 0.792 bits per heavy atom. The Kier molecular flexibility index (Phi) is 3.87. The van der Waals surface area contributed by atoms with Crippen LogP contribution in [0.2, 0.25) is 0 Å². The van der Waals surface area contributed by atoms with Crippen molar-refractivity contribution in [3.8, 4) is 18.2 Å². The zero-order valence-corrected chi connectivity index (χ0v) is 12.8. The second kappa shape index (κ2) is 5.99. The van der Waals surface area contributed by atoms with Crippen LogP contribution in [0.3, 0.4) is 0 Å². The first-order valence-electron chi connectivity index (χ1n) is 7.60. The van der Waals surface area contributed by atoms with Gasteiger partial charge in [0.1, 0.15) is 0 Å². The largest absolute Gasteiger partial charge is 0.305 e. The lowest BCUT2D eigenvalue weighted by Gasteiger charge is -2.26. The van der Waals surface area contributed by atoms with Crippen LogP contribution in [0.1, 0.15) is 23.0 Å². The van der Waals surface area contributed by atoms with E-state index in [2.05, 4.69) is 18.2 Å². The summed E-state index contributed by atoms with van der Waals surface area (Å²) in [5.41, 5.74) is -0.0490. The smallest absolute Gasteiger partial charge is 0.189 e. The van der Waals surface area contributed by atoms with Crippen molar-refractivity contribution in [1.29, 1.82) is 21.2 Å². The highest BCUT2D eigenvalue weighted by atomic mass is 14.7. The van der Waals surface area contributed by atoms with Crippen LogP contribution in [0.25, 0.3) is 0 Å². The van der Waals surface area contributed by atoms with Gasteiger partial charge in [-0.05, 0) is 11.1 Å². The Morgan fingerprint density at radius 2 is 1.29 bits per heavy atom. The molecule has 2 aromatic carbocycles. The summed E-state index contributed by atoms with van der Waals surface area (Å²) in [6.45, 7) is 0. The SMILES string of the molecule is N#CC1C(=N)C(C#N)(C#N)C(c2ccccc2)C1c1ccccc1. The molecular formula is C20H14N4. The molecule has 0 radical (unpaired) electrons. The van der Waals surface area contributed by atoms with E-state index in [4.69, 9.17) is 5.41 Å². The van der Waals surface area contributed by atoms with Crippen molar-refractivity contribution in [2.75, 3.05) is 0 Å². The second-order valence-electron chi connectivity index (χ2n) is 5.88. The van der Waals surface area contributed by atoms with Gasteiger partial charge in [0.05, 0.1) is 29.8 Å². The molecule has 4 nitrogen and oxygen atoms in total. The average Bonchev–Trinajstić information content (AvgIpc) is 2.91. The second-order valence-corrected chi connectivity index (χ2v) is 5.88. The van der Waals surface area contributed by atoms with Crippen LogP contribution in [0.4, 0.5) is 0 Å². The van der Waals surface area contributed by atoms with Gasteiger partial charge in [-0.25, -0.2) is 0 Å². The molecule has 0 saturated heterocycles. The summed E-state index contributed by atoms with van der Waals surface area (Å²) in [6.07, 6.45) is 0. The van der Waals surface area contributed by atoms with Crippen molar-refractivity contribution in [3.63, 3.8) is 0 Å². The molecule has 3 unspecified atom stereocenters. The van der Waals surface area contributed by atoms with Gasteiger partial charge < -0.3 is 5.41 Å². The molecule has 114 valence electrons. The fourth-order valence-electron chi connectivity index (χ4n) is 3.66. The number of benzene rings is 2. The molecule has 0 aliphatic heterocycles. The average molecular weight is 310 g/mol. The summed E-state index contributed by atoms with van der Waals surface area (Å²) in [5.74, 6) is -1.74. The summed E-state index contributed by atoms with van der Waals surface area (Å²) in [4.78, 5) is 0. The molecule has 4 heteroatoms. The van der Waals surface area contributed by atoms with Gasteiger partial charge in [-0.1, -0.05) is 60.7 Å². The minimum atomic E-state index is -1.62. The summed E-state index contributed by atoms with van der Waals surface area (Å²) in [7, 11) is 0. The number of hydrogen-bond donors (Lipinski definition) is 1. The molecule has 1 fully saturated rings. The van der Waals surface area contributed by atoms with E-state index in [-0.39, 0.29) is 5.71 Å². The van der Waals surface area contributed by atoms with Crippen LogP contribution in [-0.2, 0) is 0 Å². The molecule has 0 bridgehead atoms. The summed E-state index contributed by atoms with van der Waals surface area (Å²) < 4.78 is 0. The molecule has 0 aromatic heterocycles. The maximum absolute atomic E-state index is 9.77. The van der Waals surface area contributed by atoms with E-state index in [1.165, 1.54) is 0 Å². The van der Waals surface area contributed by atoms with Gasteiger partial charge in [-0.2, -0.15) is 15.8 Å². The number of rotatable bonds is 2. The maximum Gasteiger partial charge on any atom is 0.189 e. The van der Waals surface area contributed by atoms with Gasteiger partial charge in [0, 0.05) is 11.8 Å². The minimum Gasteiger partial charge on any atom is -0.305 e. The van der Waals surface area contributed by atoms with E-state index in [1.807, 2.05) is 60.7 Å². The Labute approximate surface area is 140 Å². The van der Waals surface area contributed by atoms with Crippen LogP contribution < -0.4 is 0 Å². The van der Waals surface area contributed by atoms with Crippen LogP contribution in [0, 0.1) is 50.7 Å². The summed E-state index contributed by atoms with van der Waals surface area (Å²) in [5, 5.41) is 37.6. The number of hydrogen-bond acceptors (Lipinski definition) is 4. The quantitative estimate of drug-likeness (QED) is 0.914. The number of nitriles is 3. The van der Waals surface area contributed by atoms with Crippen molar-refractivity contribution < 1.29 is 0 Å². The molecule has 24 heavy (non-hydrogen) atoms. The van der Waals surface area contributed by atoms with E-state index >= 15 is 0 Å². The molecule has 2 aromatic rings. The van der Waals surface area contributed by atoms with Crippen LogP contribution in [0.15, 0.2) is 60.7 Å². The van der Waals surface area contributed by atoms with E-state index < -0.39 is 23.2 Å². The molecule has 3 atom stereocenters. The lowest BCUT2D eigenvalue weighted by molar-refractivity contribution is 0.485. The number of nitrogens with one attached hydrogen (secondary N) is 1. The molecule has 1 aliphatic carbocycles. The van der Waals surface area contributed by atoms with E-state index in [0.717, 1.165) is 11.1 Å². The fourth-order valence-corrected chi connectivity index (χ4v) is 3.66. The minimum absolute atomic E-state index is 0.0993. The number of nitrogens with zero attached hydrogens (tertiary/aromatic N) is 3. The summed E-state index contributed by atoms with van der Waals surface area (Å²) >= 11 is 0. The Bertz CT molecular complexity index is 867. The van der Waals surface area contributed by atoms with Gasteiger partial charge in [-0.15, -0.1) is 0 Å².